The van der Waals surface area contributed by atoms with Gasteiger partial charge in [0.2, 0.25) is 0 Å². The average Bonchev–Trinajstić information content (AvgIpc) is 3.66. The van der Waals surface area contributed by atoms with Crippen molar-refractivity contribution in [2.24, 2.45) is 7.05 Å². The molecule has 7 rings (SSSR count). The van der Waals surface area contributed by atoms with Gasteiger partial charge in [-0.15, -0.1) is 0 Å². The smallest absolute Gasteiger partial charge is 0.417 e. The van der Waals surface area contributed by atoms with Crippen molar-refractivity contribution in [1.82, 2.24) is 25.2 Å². The van der Waals surface area contributed by atoms with Crippen molar-refractivity contribution in [2.45, 2.75) is 63.3 Å². The summed E-state index contributed by atoms with van der Waals surface area (Å²) in [6, 6.07) is 6.32. The Labute approximate surface area is 257 Å². The van der Waals surface area contributed by atoms with E-state index in [0.29, 0.717) is 24.3 Å². The lowest BCUT2D eigenvalue weighted by molar-refractivity contribution is -0.137. The SMILES string of the molecule is Cc1c(-c2c(C(F)(F)F)cc3c(N4CC5CCC(C4)N5)nc(OC[C@]4(C)CCCN4)nc3c2F)c2c(C#N)c(N)ccc2n1C. The first kappa shape index (κ1) is 29.6. The van der Waals surface area contributed by atoms with E-state index in [0.717, 1.165) is 38.3 Å². The second-order valence-electron chi connectivity index (χ2n) is 12.8. The van der Waals surface area contributed by atoms with Gasteiger partial charge in [0.1, 0.15) is 24.0 Å². The molecule has 45 heavy (non-hydrogen) atoms. The van der Waals surface area contributed by atoms with Crippen molar-refractivity contribution in [2.75, 3.05) is 36.9 Å². The van der Waals surface area contributed by atoms with E-state index in [1.807, 2.05) is 17.9 Å². The van der Waals surface area contributed by atoms with Crippen LogP contribution in [0.25, 0.3) is 32.9 Å². The van der Waals surface area contributed by atoms with Gasteiger partial charge in [-0.1, -0.05) is 0 Å². The fourth-order valence-corrected chi connectivity index (χ4v) is 7.33. The zero-order chi connectivity index (χ0) is 31.8. The van der Waals surface area contributed by atoms with Gasteiger partial charge in [0.15, 0.2) is 5.82 Å². The molecule has 13 heteroatoms. The van der Waals surface area contributed by atoms with Crippen LogP contribution in [-0.4, -0.2) is 58.4 Å². The number of benzene rings is 2. The molecule has 4 aromatic rings. The third-order valence-corrected chi connectivity index (χ3v) is 9.74. The molecular weight excluding hydrogens is 588 g/mol. The van der Waals surface area contributed by atoms with Gasteiger partial charge in [-0.2, -0.15) is 28.4 Å². The quantitative estimate of drug-likeness (QED) is 0.206. The van der Waals surface area contributed by atoms with Crippen LogP contribution in [0.1, 0.15) is 49.4 Å². The van der Waals surface area contributed by atoms with Crippen LogP contribution in [0.4, 0.5) is 29.1 Å². The molecule has 0 aliphatic carbocycles. The summed E-state index contributed by atoms with van der Waals surface area (Å²) < 4.78 is 69.8. The number of rotatable bonds is 5. The van der Waals surface area contributed by atoms with E-state index in [9.17, 15) is 5.26 Å². The molecule has 2 aromatic carbocycles. The molecule has 4 N–H and O–H groups in total. The van der Waals surface area contributed by atoms with Gasteiger partial charge in [0.25, 0.3) is 0 Å². The van der Waals surface area contributed by atoms with Gasteiger partial charge in [-0.3, -0.25) is 0 Å². The molecule has 0 amide bonds. The maximum absolute atomic E-state index is 17.1. The van der Waals surface area contributed by atoms with Gasteiger partial charge >= 0.3 is 12.2 Å². The van der Waals surface area contributed by atoms with E-state index in [-0.39, 0.29) is 69.2 Å². The van der Waals surface area contributed by atoms with E-state index in [4.69, 9.17) is 10.5 Å². The molecule has 5 heterocycles. The van der Waals surface area contributed by atoms with E-state index in [1.165, 1.54) is 6.07 Å². The second kappa shape index (κ2) is 10.5. The van der Waals surface area contributed by atoms with Gasteiger partial charge in [0, 0.05) is 65.4 Å². The average molecular weight is 623 g/mol. The Morgan fingerprint density at radius 1 is 1.18 bits per heavy atom. The predicted molar refractivity (Wildman–Crippen MR) is 164 cm³/mol. The molecule has 0 spiro atoms. The lowest BCUT2D eigenvalue weighted by Crippen LogP contribution is -2.51. The summed E-state index contributed by atoms with van der Waals surface area (Å²) in [6.07, 6.45) is -1.22. The summed E-state index contributed by atoms with van der Waals surface area (Å²) in [5.41, 5.74) is 4.49. The number of nitrogens with zero attached hydrogens (tertiary/aromatic N) is 5. The maximum Gasteiger partial charge on any atom is 0.417 e. The summed E-state index contributed by atoms with van der Waals surface area (Å²) in [6.45, 7) is 5.70. The first-order valence-electron chi connectivity index (χ1n) is 15.2. The lowest BCUT2D eigenvalue weighted by atomic mass is 9.92. The van der Waals surface area contributed by atoms with Crippen LogP contribution in [0.2, 0.25) is 0 Å². The molecule has 236 valence electrons. The van der Waals surface area contributed by atoms with Crippen molar-refractivity contribution >= 4 is 33.3 Å². The Balaban J connectivity index is 1.51. The highest BCUT2D eigenvalue weighted by atomic mass is 19.4. The number of anilines is 2. The molecule has 9 nitrogen and oxygen atoms in total. The Kier molecular flexibility index (Phi) is 6.87. The summed E-state index contributed by atoms with van der Waals surface area (Å²) in [7, 11) is 1.66. The highest BCUT2D eigenvalue weighted by molar-refractivity contribution is 6.07. The van der Waals surface area contributed by atoms with Crippen LogP contribution in [0.3, 0.4) is 0 Å². The van der Waals surface area contributed by atoms with Gasteiger partial charge < -0.3 is 30.6 Å². The van der Waals surface area contributed by atoms with Crippen molar-refractivity contribution < 1.29 is 22.3 Å². The van der Waals surface area contributed by atoms with E-state index in [2.05, 4.69) is 20.6 Å². The van der Waals surface area contributed by atoms with Crippen LogP contribution in [-0.2, 0) is 13.2 Å². The number of nitrogen functional groups attached to an aromatic ring is 1. The van der Waals surface area contributed by atoms with Gasteiger partial charge in [-0.25, -0.2) is 4.39 Å². The number of hydrogen-bond acceptors (Lipinski definition) is 8. The third-order valence-electron chi connectivity index (χ3n) is 9.74. The molecule has 3 aliphatic rings. The number of halogens is 4. The third kappa shape index (κ3) is 4.82. The van der Waals surface area contributed by atoms with Crippen LogP contribution in [0.15, 0.2) is 18.2 Å². The number of nitrogens with two attached hydrogens (primary N) is 1. The predicted octanol–water partition coefficient (Wildman–Crippen LogP) is 5.17. The fourth-order valence-electron chi connectivity index (χ4n) is 7.33. The first-order valence-corrected chi connectivity index (χ1v) is 15.2. The monoisotopic (exact) mass is 622 g/mol. The Morgan fingerprint density at radius 2 is 1.91 bits per heavy atom. The van der Waals surface area contributed by atoms with E-state index < -0.39 is 23.1 Å². The summed E-state index contributed by atoms with van der Waals surface area (Å²) in [5, 5.41) is 17.0. The molecule has 3 aliphatic heterocycles. The number of aryl methyl sites for hydroxylation is 1. The zero-order valence-electron chi connectivity index (χ0n) is 25.3. The number of ether oxygens (including phenoxy) is 1. The number of aromatic nitrogens is 3. The molecule has 3 fully saturated rings. The molecule has 2 bridgehead atoms. The second-order valence-corrected chi connectivity index (χ2v) is 12.8. The summed E-state index contributed by atoms with van der Waals surface area (Å²) in [5.74, 6) is -0.941. The minimum atomic E-state index is -4.94. The summed E-state index contributed by atoms with van der Waals surface area (Å²) in [4.78, 5) is 11.0. The number of nitrogens with one attached hydrogen (secondary N) is 2. The number of alkyl halides is 3. The van der Waals surface area contributed by atoms with Gasteiger partial charge in [-0.05, 0) is 64.3 Å². The van der Waals surface area contributed by atoms with Crippen molar-refractivity contribution in [3.05, 3.63) is 40.8 Å². The lowest BCUT2D eigenvalue weighted by Gasteiger charge is -2.34. The normalized spacial score (nSPS) is 23.3. The fraction of sp³-hybridized carbons (Fsp3) is 0.469. The van der Waals surface area contributed by atoms with Crippen LogP contribution < -0.4 is 26.0 Å². The number of hydrogen-bond donors (Lipinski definition) is 3. The highest BCUT2D eigenvalue weighted by Crippen LogP contribution is 2.48. The molecule has 3 saturated heterocycles. The van der Waals surface area contributed by atoms with Crippen molar-refractivity contribution in [3.8, 4) is 23.2 Å². The van der Waals surface area contributed by atoms with Crippen molar-refractivity contribution in [1.29, 1.82) is 5.26 Å². The molecule has 3 atom stereocenters. The zero-order valence-corrected chi connectivity index (χ0v) is 25.3. The Morgan fingerprint density at radius 3 is 2.56 bits per heavy atom. The maximum atomic E-state index is 17.1. The van der Waals surface area contributed by atoms with Crippen LogP contribution in [0.5, 0.6) is 6.01 Å². The Hall–Kier alpha value is -4.15. The minimum absolute atomic E-state index is 0.0141. The number of nitriles is 1. The Bertz CT molecular complexity index is 1880. The molecule has 0 saturated carbocycles. The van der Waals surface area contributed by atoms with Gasteiger partial charge in [0.05, 0.1) is 22.3 Å². The van der Waals surface area contributed by atoms with E-state index in [1.54, 1.807) is 24.6 Å². The van der Waals surface area contributed by atoms with Crippen LogP contribution in [0, 0.1) is 24.1 Å². The molecule has 2 unspecified atom stereocenters. The van der Waals surface area contributed by atoms with E-state index >= 15 is 17.6 Å². The minimum Gasteiger partial charge on any atom is -0.461 e. The number of piperazine rings is 1. The first-order chi connectivity index (χ1) is 21.4. The topological polar surface area (TPSA) is 117 Å². The van der Waals surface area contributed by atoms with Crippen molar-refractivity contribution in [3.63, 3.8) is 0 Å². The molecular formula is C32H34F4N8O. The molecule has 2 aromatic heterocycles. The molecule has 0 radical (unpaired) electrons. The number of fused-ring (bicyclic) bond motifs is 4. The standard InChI is InChI=1S/C32H34F4N8O/c1-16-24(25-20(12-37)22(38)7-8-23(25)43(16)3)26-21(32(34,35)36)11-19-28(27(26)33)41-30(45-15-31(2)9-4-10-39-31)42-29(19)44-13-17-5-6-18(14-44)40-17/h7-8,11,17-18,39-40H,4-6,9-10,13-15,38H2,1-3H3/t17?,18?,31-/m0/s1. The van der Waals surface area contributed by atoms with Crippen LogP contribution >= 0.6 is 0 Å². The highest BCUT2D eigenvalue weighted by Gasteiger charge is 2.40. The summed E-state index contributed by atoms with van der Waals surface area (Å²) >= 11 is 0. The largest absolute Gasteiger partial charge is 0.461 e.